The molecule has 7 atom stereocenters. The van der Waals surface area contributed by atoms with E-state index >= 15 is 0 Å². The first-order valence-electron chi connectivity index (χ1n) is 9.81. The number of nitrogen functional groups attached to an aromatic ring is 1. The molecule has 33 heavy (non-hydrogen) atoms. The van der Waals surface area contributed by atoms with E-state index in [0.717, 1.165) is 0 Å². The molecule has 1 aliphatic heterocycles. The van der Waals surface area contributed by atoms with Gasteiger partial charge in [0.2, 0.25) is 5.95 Å². The monoisotopic (exact) mass is 487 g/mol. The average Bonchev–Trinajstić information content (AvgIpc) is 3.34. The number of hydrogen-bond donors (Lipinski definition) is 7. The lowest BCUT2D eigenvalue weighted by molar-refractivity contribution is -0.343. The van der Waals surface area contributed by atoms with Gasteiger partial charge in [0, 0.05) is 12.7 Å². The number of aromatic nitrogens is 3. The van der Waals surface area contributed by atoms with Crippen LogP contribution >= 0.6 is 7.82 Å². The van der Waals surface area contributed by atoms with Crippen molar-refractivity contribution in [2.75, 3.05) is 12.3 Å². The molecule has 0 radical (unpaired) electrons. The highest BCUT2D eigenvalue weighted by Gasteiger charge is 2.44. The van der Waals surface area contributed by atoms with Crippen LogP contribution in [0.2, 0.25) is 0 Å². The molecule has 16 heteroatoms. The molecule has 0 unspecified atom stereocenters. The predicted octanol–water partition coefficient (Wildman–Crippen LogP) is -4.48. The van der Waals surface area contributed by atoms with Crippen molar-refractivity contribution in [1.29, 1.82) is 0 Å². The molecule has 0 bridgehead atoms. The smallest absolute Gasteiger partial charge is 0.262 e. The highest BCUT2D eigenvalue weighted by molar-refractivity contribution is 7.43. The van der Waals surface area contributed by atoms with E-state index in [1.807, 2.05) is 0 Å². The van der Waals surface area contributed by atoms with Gasteiger partial charge in [0.15, 0.2) is 11.9 Å². The first-order chi connectivity index (χ1) is 15.5. The summed E-state index contributed by atoms with van der Waals surface area (Å²) in [6.45, 7) is -0.790. The van der Waals surface area contributed by atoms with Crippen LogP contribution in [0.25, 0.3) is 11.0 Å². The van der Waals surface area contributed by atoms with Crippen molar-refractivity contribution in [3.63, 3.8) is 0 Å². The fourth-order valence-electron chi connectivity index (χ4n) is 3.93. The topological polar surface area (TPSA) is 251 Å². The number of phosphoric acid groups is 1. The molecule has 1 saturated heterocycles. The molecule has 15 nitrogen and oxygen atoms in total. The van der Waals surface area contributed by atoms with Crippen molar-refractivity contribution >= 4 is 24.8 Å². The third kappa shape index (κ3) is 4.74. The molecule has 0 spiro atoms. The van der Waals surface area contributed by atoms with Gasteiger partial charge in [-0.05, 0) is 5.56 Å². The summed E-state index contributed by atoms with van der Waals surface area (Å²) in [5, 5.41) is 43.4. The first-order valence-corrected chi connectivity index (χ1v) is 11.3. The Morgan fingerprint density at radius 3 is 2.61 bits per heavy atom. The number of aliphatic hydroxyl groups is 4. The molecule has 2 aromatic heterocycles. The van der Waals surface area contributed by atoms with E-state index in [1.165, 1.54) is 16.8 Å². The fraction of sp³-hybridized carbons (Fsp3) is 0.529. The Balaban J connectivity index is 1.64. The van der Waals surface area contributed by atoms with Gasteiger partial charge in [-0.2, -0.15) is 4.98 Å². The van der Waals surface area contributed by atoms with Crippen LogP contribution in [0.3, 0.4) is 0 Å². The number of ether oxygens (including phenoxy) is 1. The third-order valence-electron chi connectivity index (χ3n) is 5.55. The van der Waals surface area contributed by atoms with Gasteiger partial charge >= 0.3 is 0 Å². The molecule has 2 aromatic rings. The molecular formula is C17H22N5O10P-2. The van der Waals surface area contributed by atoms with E-state index < -0.39 is 62.8 Å². The summed E-state index contributed by atoms with van der Waals surface area (Å²) in [6.07, 6.45) is -3.59. The summed E-state index contributed by atoms with van der Waals surface area (Å²) in [4.78, 5) is 40.5. The Hall–Kier alpha value is -2.17. The van der Waals surface area contributed by atoms with Crippen LogP contribution in [-0.2, 0) is 20.4 Å². The molecule has 1 aliphatic carbocycles. The third-order valence-corrected chi connectivity index (χ3v) is 6.01. The molecule has 0 saturated carbocycles. The van der Waals surface area contributed by atoms with E-state index in [-0.39, 0.29) is 23.5 Å². The number of anilines is 1. The van der Waals surface area contributed by atoms with Gasteiger partial charge in [0.1, 0.15) is 24.4 Å². The van der Waals surface area contributed by atoms with Gasteiger partial charge in [0.25, 0.3) is 5.56 Å². The van der Waals surface area contributed by atoms with Gasteiger partial charge in [-0.25, -0.2) is 0 Å². The molecule has 3 heterocycles. The van der Waals surface area contributed by atoms with Gasteiger partial charge in [0.05, 0.1) is 32.0 Å². The summed E-state index contributed by atoms with van der Waals surface area (Å²) >= 11 is 0. The van der Waals surface area contributed by atoms with E-state index in [1.54, 1.807) is 6.08 Å². The Morgan fingerprint density at radius 1 is 1.24 bits per heavy atom. The number of fused-ring (bicyclic) bond motifs is 1. The SMILES string of the molecule is Nc1nc2c(c(CN[C@H]3C=C[C@H](O)[C@@H]3O)cn2[C@@H]2O[C@H](COP(=O)([O-])[O-])[C@@H](O)[C@H]2O)c(=O)[nH]1. The predicted molar refractivity (Wildman–Crippen MR) is 106 cm³/mol. The van der Waals surface area contributed by atoms with Gasteiger partial charge < -0.3 is 59.7 Å². The molecule has 182 valence electrons. The number of H-pyrrole nitrogens is 1. The van der Waals surface area contributed by atoms with E-state index in [0.29, 0.717) is 5.56 Å². The van der Waals surface area contributed by atoms with E-state index in [9.17, 15) is 39.6 Å². The molecule has 0 aromatic carbocycles. The fourth-order valence-corrected chi connectivity index (χ4v) is 4.26. The zero-order valence-electron chi connectivity index (χ0n) is 16.8. The van der Waals surface area contributed by atoms with Gasteiger partial charge in [-0.15, -0.1) is 0 Å². The number of rotatable bonds is 7. The van der Waals surface area contributed by atoms with Crippen molar-refractivity contribution in [3.05, 3.63) is 34.3 Å². The van der Waals surface area contributed by atoms with Crippen molar-refractivity contribution in [2.24, 2.45) is 0 Å². The summed E-state index contributed by atoms with van der Waals surface area (Å²) in [5.41, 5.74) is 5.44. The number of aromatic amines is 1. The number of hydrogen-bond acceptors (Lipinski definition) is 13. The van der Waals surface area contributed by atoms with Crippen LogP contribution in [-0.4, -0.2) is 78.1 Å². The Kier molecular flexibility index (Phi) is 6.45. The second-order valence-corrected chi connectivity index (χ2v) is 8.93. The first kappa shape index (κ1) is 24.0. The molecular weight excluding hydrogens is 465 g/mol. The average molecular weight is 487 g/mol. The summed E-state index contributed by atoms with van der Waals surface area (Å²) in [5.74, 6) is -0.227. The minimum atomic E-state index is -5.34. The maximum Gasteiger partial charge on any atom is 0.262 e. The second-order valence-electron chi connectivity index (χ2n) is 7.77. The number of phosphoric ester groups is 1. The van der Waals surface area contributed by atoms with Crippen LogP contribution in [0.5, 0.6) is 0 Å². The number of nitrogens with two attached hydrogens (primary N) is 1. The van der Waals surface area contributed by atoms with Crippen LogP contribution in [0.15, 0.2) is 23.1 Å². The number of nitrogens with zero attached hydrogens (tertiary/aromatic N) is 2. The second kappa shape index (κ2) is 8.88. The highest BCUT2D eigenvalue weighted by atomic mass is 31.2. The minimum Gasteiger partial charge on any atom is -0.790 e. The maximum atomic E-state index is 12.6. The Morgan fingerprint density at radius 2 is 1.97 bits per heavy atom. The normalized spacial score (nSPS) is 32.2. The summed E-state index contributed by atoms with van der Waals surface area (Å²) in [6, 6.07) is -0.592. The largest absolute Gasteiger partial charge is 0.790 e. The van der Waals surface area contributed by atoms with Crippen molar-refractivity contribution in [3.8, 4) is 0 Å². The lowest BCUT2D eigenvalue weighted by Gasteiger charge is -2.30. The standard InChI is InChI=1S/C17H24N5O10P/c18-17-20-14-10(15(27)21-17)6(3-19-7-1-2-8(23)11(7)24)4-22(14)16-13(26)12(25)9(32-16)5-31-33(28,29)30/h1-2,4,7-9,11-13,16,19,23-26H,3,5H2,(H2,28,29,30)(H3,18,20,21,27)/p-2/t7-,8-,9+,11+,12+,13+,16+/m0/s1. The van der Waals surface area contributed by atoms with Gasteiger partial charge in [-0.1, -0.05) is 12.2 Å². The summed E-state index contributed by atoms with van der Waals surface area (Å²) in [7, 11) is -5.34. The van der Waals surface area contributed by atoms with Crippen LogP contribution in [0.4, 0.5) is 5.95 Å². The zero-order valence-corrected chi connectivity index (χ0v) is 17.7. The molecule has 2 aliphatic rings. The minimum absolute atomic E-state index is 0.00624. The highest BCUT2D eigenvalue weighted by Crippen LogP contribution is 2.35. The van der Waals surface area contributed by atoms with Crippen LogP contribution in [0, 0.1) is 0 Å². The molecule has 1 fully saturated rings. The van der Waals surface area contributed by atoms with Crippen LogP contribution in [0.1, 0.15) is 11.8 Å². The quantitative estimate of drug-likeness (QED) is 0.144. The maximum absolute atomic E-state index is 12.6. The Bertz CT molecular complexity index is 1160. The Labute approximate surface area is 185 Å². The summed E-state index contributed by atoms with van der Waals surface area (Å²) < 4.78 is 21.7. The van der Waals surface area contributed by atoms with Crippen molar-refractivity contribution in [2.45, 2.75) is 49.3 Å². The van der Waals surface area contributed by atoms with E-state index in [4.69, 9.17) is 10.5 Å². The number of nitrogens with one attached hydrogen (secondary N) is 2. The van der Waals surface area contributed by atoms with Crippen LogP contribution < -0.4 is 26.4 Å². The lowest BCUT2D eigenvalue weighted by Crippen LogP contribution is -2.40. The van der Waals surface area contributed by atoms with E-state index in [2.05, 4.69) is 19.8 Å². The molecule has 0 amide bonds. The van der Waals surface area contributed by atoms with Gasteiger partial charge in [-0.3, -0.25) is 9.78 Å². The van der Waals surface area contributed by atoms with Crippen molar-refractivity contribution in [1.82, 2.24) is 19.9 Å². The van der Waals surface area contributed by atoms with Crippen molar-refractivity contribution < 1.29 is 44.0 Å². The molecule has 4 rings (SSSR count). The zero-order chi connectivity index (χ0) is 24.1. The lowest BCUT2D eigenvalue weighted by atomic mass is 10.1. The number of aliphatic hydroxyl groups excluding tert-OH is 4. The molecule has 8 N–H and O–H groups in total.